The first-order chi connectivity index (χ1) is 8.06. The fourth-order valence-corrected chi connectivity index (χ4v) is 3.35. The lowest BCUT2D eigenvalue weighted by molar-refractivity contribution is 0.912. The molecule has 0 atom stereocenters. The van der Waals surface area contributed by atoms with E-state index in [0.29, 0.717) is 5.02 Å². The third-order valence-corrected chi connectivity index (χ3v) is 4.10. The van der Waals surface area contributed by atoms with Gasteiger partial charge in [-0.15, -0.1) is 11.3 Å². The zero-order chi connectivity index (χ0) is 12.4. The molecule has 2 nitrogen and oxygen atoms in total. The minimum Gasteiger partial charge on any atom is -0.353 e. The maximum Gasteiger partial charge on any atom is 0.147 e. The topological polar surface area (TPSA) is 16.1 Å². The van der Waals surface area contributed by atoms with Crippen molar-refractivity contribution < 1.29 is 0 Å². The zero-order valence-corrected chi connectivity index (χ0v) is 12.9. The predicted molar refractivity (Wildman–Crippen MR) is 78.4 cm³/mol. The quantitative estimate of drug-likeness (QED) is 0.785. The molecule has 2 rings (SSSR count). The fourth-order valence-electron chi connectivity index (χ4n) is 1.43. The summed E-state index contributed by atoms with van der Waals surface area (Å²) >= 11 is 16.9. The molecule has 0 bridgehead atoms. The van der Waals surface area contributed by atoms with Crippen LogP contribution in [0.2, 0.25) is 9.36 Å². The van der Waals surface area contributed by atoms with Gasteiger partial charge in [-0.25, -0.2) is 4.98 Å². The van der Waals surface area contributed by atoms with Gasteiger partial charge in [-0.1, -0.05) is 23.2 Å². The van der Waals surface area contributed by atoms with E-state index in [1.165, 1.54) is 4.88 Å². The van der Waals surface area contributed by atoms with Crippen molar-refractivity contribution in [3.63, 3.8) is 0 Å². The van der Waals surface area contributed by atoms with Crippen molar-refractivity contribution in [1.29, 1.82) is 0 Å². The van der Waals surface area contributed by atoms with Crippen molar-refractivity contribution in [1.82, 2.24) is 4.98 Å². The number of anilines is 1. The molecule has 0 amide bonds. The molecule has 0 aliphatic rings. The summed E-state index contributed by atoms with van der Waals surface area (Å²) in [6, 6.07) is 5.74. The van der Waals surface area contributed by atoms with Gasteiger partial charge in [-0.3, -0.25) is 0 Å². The first-order valence-corrected chi connectivity index (χ1v) is 7.19. The lowest BCUT2D eigenvalue weighted by atomic mass is 10.4. The van der Waals surface area contributed by atoms with Gasteiger partial charge >= 0.3 is 0 Å². The van der Waals surface area contributed by atoms with Crippen molar-refractivity contribution in [2.75, 3.05) is 11.9 Å². The molecule has 90 valence electrons. The second kappa shape index (κ2) is 5.57. The Kier molecular flexibility index (Phi) is 4.31. The van der Waals surface area contributed by atoms with Gasteiger partial charge < -0.3 is 4.90 Å². The van der Waals surface area contributed by atoms with E-state index in [2.05, 4.69) is 20.9 Å². The third kappa shape index (κ3) is 3.35. The SMILES string of the molecule is CN(Cc1ccc(Cl)s1)c1ncc(Br)cc1Cl. The molecule has 0 unspecified atom stereocenters. The number of pyridine rings is 1. The summed E-state index contributed by atoms with van der Waals surface area (Å²) in [7, 11) is 1.95. The lowest BCUT2D eigenvalue weighted by Gasteiger charge is -2.18. The number of aromatic nitrogens is 1. The molecule has 0 aliphatic heterocycles. The van der Waals surface area contributed by atoms with Gasteiger partial charge in [0, 0.05) is 22.6 Å². The summed E-state index contributed by atoms with van der Waals surface area (Å²) in [6.45, 7) is 0.742. The maximum absolute atomic E-state index is 6.14. The Morgan fingerprint density at radius 1 is 1.41 bits per heavy atom. The molecule has 0 saturated heterocycles. The number of halogens is 3. The summed E-state index contributed by atoms with van der Waals surface area (Å²) < 4.78 is 1.67. The van der Waals surface area contributed by atoms with Crippen LogP contribution in [0.4, 0.5) is 5.82 Å². The van der Waals surface area contributed by atoms with E-state index in [9.17, 15) is 0 Å². The molecule has 2 heterocycles. The monoisotopic (exact) mass is 350 g/mol. The van der Waals surface area contributed by atoms with Crippen molar-refractivity contribution >= 4 is 56.3 Å². The summed E-state index contributed by atoms with van der Waals surface area (Å²) in [5.41, 5.74) is 0. The van der Waals surface area contributed by atoms with Crippen LogP contribution in [0.3, 0.4) is 0 Å². The molecule has 0 spiro atoms. The number of nitrogens with zero attached hydrogens (tertiary/aromatic N) is 2. The van der Waals surface area contributed by atoms with Gasteiger partial charge in [0.05, 0.1) is 15.9 Å². The number of rotatable bonds is 3. The Morgan fingerprint density at radius 2 is 2.18 bits per heavy atom. The molecule has 17 heavy (non-hydrogen) atoms. The van der Waals surface area contributed by atoms with Crippen LogP contribution in [0, 0.1) is 0 Å². The van der Waals surface area contributed by atoms with Gasteiger partial charge in [-0.2, -0.15) is 0 Å². The van der Waals surface area contributed by atoms with E-state index in [1.807, 2.05) is 30.1 Å². The molecule has 6 heteroatoms. The van der Waals surface area contributed by atoms with Gasteiger partial charge in [0.1, 0.15) is 5.82 Å². The number of hydrogen-bond donors (Lipinski definition) is 0. The molecular weight excluding hydrogens is 343 g/mol. The highest BCUT2D eigenvalue weighted by Crippen LogP contribution is 2.28. The van der Waals surface area contributed by atoms with E-state index < -0.39 is 0 Å². The Labute approximate surface area is 122 Å². The largest absolute Gasteiger partial charge is 0.353 e. The smallest absolute Gasteiger partial charge is 0.147 e. The molecular formula is C11H9BrCl2N2S. The molecule has 0 saturated carbocycles. The van der Waals surface area contributed by atoms with Crippen LogP contribution in [0.1, 0.15) is 4.88 Å². The minimum absolute atomic E-state index is 0.629. The van der Waals surface area contributed by atoms with E-state index in [4.69, 9.17) is 23.2 Å². The van der Waals surface area contributed by atoms with Crippen LogP contribution in [0.15, 0.2) is 28.9 Å². The van der Waals surface area contributed by atoms with Gasteiger partial charge in [0.15, 0.2) is 0 Å². The highest BCUT2D eigenvalue weighted by Gasteiger charge is 2.09. The normalized spacial score (nSPS) is 10.6. The van der Waals surface area contributed by atoms with Crippen LogP contribution >= 0.6 is 50.5 Å². The average Bonchev–Trinajstić information content (AvgIpc) is 2.63. The highest BCUT2D eigenvalue weighted by atomic mass is 79.9. The molecule has 0 radical (unpaired) electrons. The second-order valence-electron chi connectivity index (χ2n) is 3.52. The van der Waals surface area contributed by atoms with Crippen molar-refractivity contribution in [2.45, 2.75) is 6.54 Å². The van der Waals surface area contributed by atoms with E-state index in [-0.39, 0.29) is 0 Å². The fraction of sp³-hybridized carbons (Fsp3) is 0.182. The lowest BCUT2D eigenvalue weighted by Crippen LogP contribution is -2.17. The van der Waals surface area contributed by atoms with Crippen LogP contribution < -0.4 is 4.90 Å². The van der Waals surface area contributed by atoms with E-state index >= 15 is 0 Å². The molecule has 2 aromatic rings. The average molecular weight is 352 g/mol. The standard InChI is InChI=1S/C11H9BrCl2N2S/c1-16(6-8-2-3-10(14)17-8)11-9(13)4-7(12)5-15-11/h2-5H,6H2,1H3. The van der Waals surface area contributed by atoms with E-state index in [0.717, 1.165) is 21.2 Å². The number of hydrogen-bond acceptors (Lipinski definition) is 3. The second-order valence-corrected chi connectivity index (χ2v) is 6.64. The third-order valence-electron chi connectivity index (χ3n) is 2.17. The van der Waals surface area contributed by atoms with Crippen molar-refractivity contribution in [3.8, 4) is 0 Å². The van der Waals surface area contributed by atoms with Crippen LogP contribution in [-0.2, 0) is 6.54 Å². The zero-order valence-electron chi connectivity index (χ0n) is 8.95. The maximum atomic E-state index is 6.14. The molecule has 0 aliphatic carbocycles. The molecule has 0 fully saturated rings. The summed E-state index contributed by atoms with van der Waals surface area (Å²) in [5, 5.41) is 0.629. The highest BCUT2D eigenvalue weighted by molar-refractivity contribution is 9.10. The predicted octanol–water partition coefficient (Wildman–Crippen LogP) is 4.85. The van der Waals surface area contributed by atoms with Gasteiger partial charge in [0.25, 0.3) is 0 Å². The summed E-state index contributed by atoms with van der Waals surface area (Å²) in [4.78, 5) is 7.48. The number of thiophene rings is 1. The van der Waals surface area contributed by atoms with Crippen LogP contribution in [-0.4, -0.2) is 12.0 Å². The Hall–Kier alpha value is -0.290. The summed E-state index contributed by atoms with van der Waals surface area (Å²) in [6.07, 6.45) is 1.74. The minimum atomic E-state index is 0.629. The van der Waals surface area contributed by atoms with Crippen molar-refractivity contribution in [3.05, 3.63) is 43.1 Å². The van der Waals surface area contributed by atoms with Crippen LogP contribution in [0.25, 0.3) is 0 Å². The Balaban J connectivity index is 2.17. The van der Waals surface area contributed by atoms with Crippen LogP contribution in [0.5, 0.6) is 0 Å². The Morgan fingerprint density at radius 3 is 2.76 bits per heavy atom. The van der Waals surface area contributed by atoms with Gasteiger partial charge in [-0.05, 0) is 34.1 Å². The Bertz CT molecular complexity index is 530. The molecule has 0 N–H and O–H groups in total. The van der Waals surface area contributed by atoms with Crippen molar-refractivity contribution in [2.24, 2.45) is 0 Å². The first kappa shape index (κ1) is 13.1. The summed E-state index contributed by atoms with van der Waals surface area (Å²) in [5.74, 6) is 0.763. The molecule has 0 aromatic carbocycles. The molecule has 2 aromatic heterocycles. The van der Waals surface area contributed by atoms with E-state index in [1.54, 1.807) is 17.5 Å². The van der Waals surface area contributed by atoms with Gasteiger partial charge in [0.2, 0.25) is 0 Å². The first-order valence-electron chi connectivity index (χ1n) is 4.82.